The standard InChI is InChI=1S/C37H29NO/c1-37-32-17-9-10-18-33(32)38(35(37)21-20-31-30-16-8-11-19-34(30)39-36(31)37)29-23-27(25-12-4-2-5-13-25)22-28(24-29)26-14-6-3-7-15-26/h2-24,31,35-36H,1H3. The maximum Gasteiger partial charge on any atom is 0.123 e. The average Bonchev–Trinajstić information content (AvgIpc) is 3.51. The van der Waals surface area contributed by atoms with Gasteiger partial charge in [0, 0.05) is 22.9 Å². The van der Waals surface area contributed by atoms with E-state index in [1.54, 1.807) is 0 Å². The monoisotopic (exact) mass is 503 g/mol. The SMILES string of the molecule is CC12c3ccccc3N(c3cc(-c4ccccc4)cc(-c4ccccc4)c3)C1C=CC1c3ccccc3OC12. The summed E-state index contributed by atoms with van der Waals surface area (Å²) in [4.78, 5) is 2.55. The molecule has 0 N–H and O–H groups in total. The van der Waals surface area contributed by atoms with Crippen molar-refractivity contribution in [2.75, 3.05) is 4.90 Å². The van der Waals surface area contributed by atoms with Crippen molar-refractivity contribution in [2.24, 2.45) is 0 Å². The molecule has 5 aromatic carbocycles. The van der Waals surface area contributed by atoms with Gasteiger partial charge in [-0.2, -0.15) is 0 Å². The summed E-state index contributed by atoms with van der Waals surface area (Å²) in [7, 11) is 0. The summed E-state index contributed by atoms with van der Waals surface area (Å²) >= 11 is 0. The van der Waals surface area contributed by atoms with Crippen molar-refractivity contribution in [3.8, 4) is 28.0 Å². The van der Waals surface area contributed by atoms with Crippen molar-refractivity contribution in [3.05, 3.63) is 151 Å². The molecule has 8 rings (SSSR count). The summed E-state index contributed by atoms with van der Waals surface area (Å²) < 4.78 is 6.78. The quantitative estimate of drug-likeness (QED) is 0.228. The van der Waals surface area contributed by atoms with E-state index in [1.165, 1.54) is 44.8 Å². The minimum Gasteiger partial charge on any atom is -0.488 e. The molecule has 0 bridgehead atoms. The number of benzene rings is 5. The van der Waals surface area contributed by atoms with Crippen molar-refractivity contribution < 1.29 is 4.74 Å². The predicted octanol–water partition coefficient (Wildman–Crippen LogP) is 8.91. The lowest BCUT2D eigenvalue weighted by molar-refractivity contribution is 0.116. The Labute approximate surface area is 229 Å². The number of hydrogen-bond acceptors (Lipinski definition) is 2. The molecular formula is C37H29NO. The molecule has 2 heterocycles. The third kappa shape index (κ3) is 3.28. The highest BCUT2D eigenvalue weighted by molar-refractivity contribution is 5.84. The molecule has 0 radical (unpaired) electrons. The number of hydrogen-bond donors (Lipinski definition) is 0. The lowest BCUT2D eigenvalue weighted by Crippen LogP contribution is -2.53. The molecule has 2 nitrogen and oxygen atoms in total. The largest absolute Gasteiger partial charge is 0.488 e. The first-order valence-electron chi connectivity index (χ1n) is 13.8. The molecule has 188 valence electrons. The van der Waals surface area contributed by atoms with Crippen LogP contribution in [0.4, 0.5) is 11.4 Å². The Morgan fingerprint density at radius 3 is 1.95 bits per heavy atom. The van der Waals surface area contributed by atoms with E-state index in [4.69, 9.17) is 4.74 Å². The number of fused-ring (bicyclic) bond motifs is 7. The lowest BCUT2D eigenvalue weighted by atomic mass is 9.66. The molecule has 0 aromatic heterocycles. The zero-order valence-electron chi connectivity index (χ0n) is 21.9. The van der Waals surface area contributed by atoms with Crippen LogP contribution in [-0.4, -0.2) is 12.1 Å². The summed E-state index contributed by atoms with van der Waals surface area (Å²) in [5, 5.41) is 0. The summed E-state index contributed by atoms with van der Waals surface area (Å²) in [6.07, 6.45) is 4.87. The minimum absolute atomic E-state index is 0.0435. The number of para-hydroxylation sites is 2. The highest BCUT2D eigenvalue weighted by atomic mass is 16.5. The number of rotatable bonds is 3. The summed E-state index contributed by atoms with van der Waals surface area (Å²) in [5.74, 6) is 1.28. The first-order valence-corrected chi connectivity index (χ1v) is 13.8. The van der Waals surface area contributed by atoms with Crippen LogP contribution in [0.15, 0.2) is 140 Å². The van der Waals surface area contributed by atoms with E-state index < -0.39 is 0 Å². The van der Waals surface area contributed by atoms with Gasteiger partial charge in [0.25, 0.3) is 0 Å². The first kappa shape index (κ1) is 22.4. The Hall–Kier alpha value is -4.56. The summed E-state index contributed by atoms with van der Waals surface area (Å²) in [6.45, 7) is 2.41. The van der Waals surface area contributed by atoms with E-state index in [1.807, 2.05) is 0 Å². The highest BCUT2D eigenvalue weighted by Gasteiger charge is 2.58. The van der Waals surface area contributed by atoms with Crippen LogP contribution >= 0.6 is 0 Å². The molecular weight excluding hydrogens is 474 g/mol. The van der Waals surface area contributed by atoms with Gasteiger partial charge in [0.05, 0.1) is 11.5 Å². The van der Waals surface area contributed by atoms with Crippen molar-refractivity contribution in [2.45, 2.75) is 30.4 Å². The molecule has 4 unspecified atom stereocenters. The highest BCUT2D eigenvalue weighted by Crippen LogP contribution is 2.59. The Kier molecular flexibility index (Phi) is 4.87. The Balaban J connectivity index is 1.33. The minimum atomic E-state index is -0.204. The van der Waals surface area contributed by atoms with Gasteiger partial charge in [0.1, 0.15) is 11.9 Å². The maximum absolute atomic E-state index is 6.78. The lowest BCUT2D eigenvalue weighted by Gasteiger charge is -2.43. The second-order valence-electron chi connectivity index (χ2n) is 11.1. The second kappa shape index (κ2) is 8.47. The fraction of sp³-hybridized carbons (Fsp3) is 0.135. The van der Waals surface area contributed by atoms with E-state index in [0.717, 1.165) is 5.75 Å². The van der Waals surface area contributed by atoms with Gasteiger partial charge in [-0.3, -0.25) is 0 Å². The van der Waals surface area contributed by atoms with Crippen LogP contribution in [0.5, 0.6) is 5.75 Å². The van der Waals surface area contributed by atoms with E-state index in [0.29, 0.717) is 0 Å². The second-order valence-corrected chi connectivity index (χ2v) is 11.1. The Morgan fingerprint density at radius 2 is 1.23 bits per heavy atom. The molecule has 5 aromatic rings. The topological polar surface area (TPSA) is 12.5 Å². The normalized spacial score (nSPS) is 23.9. The van der Waals surface area contributed by atoms with Crippen molar-refractivity contribution in [3.63, 3.8) is 0 Å². The Bertz CT molecular complexity index is 1670. The maximum atomic E-state index is 6.78. The van der Waals surface area contributed by atoms with Crippen LogP contribution in [0.25, 0.3) is 22.3 Å². The van der Waals surface area contributed by atoms with Gasteiger partial charge >= 0.3 is 0 Å². The third-order valence-corrected chi connectivity index (χ3v) is 9.00. The van der Waals surface area contributed by atoms with Gasteiger partial charge in [-0.25, -0.2) is 0 Å². The van der Waals surface area contributed by atoms with Crippen LogP contribution in [0, 0.1) is 0 Å². The van der Waals surface area contributed by atoms with Crippen LogP contribution in [0.2, 0.25) is 0 Å². The van der Waals surface area contributed by atoms with Gasteiger partial charge in [0.2, 0.25) is 0 Å². The molecule has 0 fully saturated rings. The number of nitrogens with zero attached hydrogens (tertiary/aromatic N) is 1. The molecule has 0 saturated heterocycles. The van der Waals surface area contributed by atoms with Crippen LogP contribution in [0.1, 0.15) is 24.0 Å². The molecule has 2 heteroatoms. The Morgan fingerprint density at radius 1 is 0.615 bits per heavy atom. The van der Waals surface area contributed by atoms with Crippen molar-refractivity contribution in [1.29, 1.82) is 0 Å². The fourth-order valence-corrected chi connectivity index (χ4v) is 7.13. The number of ether oxygens (including phenoxy) is 1. The van der Waals surface area contributed by atoms with Crippen LogP contribution in [-0.2, 0) is 5.41 Å². The van der Waals surface area contributed by atoms with Gasteiger partial charge in [-0.15, -0.1) is 0 Å². The van der Waals surface area contributed by atoms with E-state index >= 15 is 0 Å². The number of anilines is 2. The molecule has 2 aliphatic heterocycles. The van der Waals surface area contributed by atoms with Gasteiger partial charge in [-0.1, -0.05) is 109 Å². The van der Waals surface area contributed by atoms with E-state index in [2.05, 4.69) is 151 Å². The molecule has 39 heavy (non-hydrogen) atoms. The third-order valence-electron chi connectivity index (χ3n) is 9.00. The summed E-state index contributed by atoms with van der Waals surface area (Å²) in [6, 6.07) is 46.1. The predicted molar refractivity (Wildman–Crippen MR) is 160 cm³/mol. The average molecular weight is 504 g/mol. The summed E-state index contributed by atoms with van der Waals surface area (Å²) in [5.41, 5.74) is 9.81. The van der Waals surface area contributed by atoms with Gasteiger partial charge in [-0.05, 0) is 65.1 Å². The zero-order valence-corrected chi connectivity index (χ0v) is 21.9. The molecule has 0 spiro atoms. The molecule has 4 atom stereocenters. The van der Waals surface area contributed by atoms with E-state index in [9.17, 15) is 0 Å². The van der Waals surface area contributed by atoms with Gasteiger partial charge in [0.15, 0.2) is 0 Å². The van der Waals surface area contributed by atoms with Gasteiger partial charge < -0.3 is 9.64 Å². The van der Waals surface area contributed by atoms with Crippen LogP contribution in [0.3, 0.4) is 0 Å². The molecule has 0 amide bonds. The first-order chi connectivity index (χ1) is 19.2. The molecule has 0 saturated carbocycles. The molecule has 3 aliphatic rings. The van der Waals surface area contributed by atoms with Crippen molar-refractivity contribution in [1.82, 2.24) is 0 Å². The smallest absolute Gasteiger partial charge is 0.123 e. The van der Waals surface area contributed by atoms with E-state index in [-0.39, 0.29) is 23.5 Å². The zero-order chi connectivity index (χ0) is 26.0. The molecule has 1 aliphatic carbocycles. The van der Waals surface area contributed by atoms with Crippen LogP contribution < -0.4 is 9.64 Å². The fourth-order valence-electron chi connectivity index (χ4n) is 7.13. The van der Waals surface area contributed by atoms with Crippen molar-refractivity contribution >= 4 is 11.4 Å².